The van der Waals surface area contributed by atoms with E-state index in [4.69, 9.17) is 16.4 Å². The second kappa shape index (κ2) is 7.63. The standard InChI is InChI=1S/C20H17N7O/c1-11-12(2)19(25-9-13(11)8-21)20(28)27-14-3-4-16(22)15(7-14)18(23)17-5-6-24-10-26-17/h3-7,9-10,23H,22H2,1-2H3,(H,27,28). The van der Waals surface area contributed by atoms with Crippen molar-refractivity contribution in [2.75, 3.05) is 11.1 Å². The van der Waals surface area contributed by atoms with Crippen LogP contribution < -0.4 is 11.1 Å². The molecule has 0 unspecified atom stereocenters. The summed E-state index contributed by atoms with van der Waals surface area (Å²) >= 11 is 0. The molecule has 0 fully saturated rings. The molecule has 0 spiro atoms. The number of pyridine rings is 1. The molecule has 2 heterocycles. The third-order valence-electron chi connectivity index (χ3n) is 4.40. The molecule has 1 amide bonds. The SMILES string of the molecule is Cc1c(C#N)cnc(C(=O)Nc2ccc(N)c(C(=N)c3ccncn3)c2)c1C. The topological polar surface area (TPSA) is 141 Å². The zero-order valence-corrected chi connectivity index (χ0v) is 15.3. The molecule has 2 aromatic heterocycles. The molecule has 0 saturated carbocycles. The fourth-order valence-electron chi connectivity index (χ4n) is 2.66. The van der Waals surface area contributed by atoms with Crippen molar-refractivity contribution in [2.45, 2.75) is 13.8 Å². The van der Waals surface area contributed by atoms with Crippen molar-refractivity contribution in [2.24, 2.45) is 0 Å². The second-order valence-electron chi connectivity index (χ2n) is 6.11. The van der Waals surface area contributed by atoms with E-state index in [1.165, 1.54) is 12.5 Å². The summed E-state index contributed by atoms with van der Waals surface area (Å²) in [6.07, 6.45) is 4.28. The number of nitrogens with two attached hydrogens (primary N) is 1. The van der Waals surface area contributed by atoms with Crippen LogP contribution in [0, 0.1) is 30.6 Å². The van der Waals surface area contributed by atoms with E-state index in [1.54, 1.807) is 44.3 Å². The molecule has 28 heavy (non-hydrogen) atoms. The van der Waals surface area contributed by atoms with Crippen LogP contribution in [0.2, 0.25) is 0 Å². The summed E-state index contributed by atoms with van der Waals surface area (Å²) in [5.74, 6) is -0.408. The van der Waals surface area contributed by atoms with E-state index >= 15 is 0 Å². The maximum atomic E-state index is 12.7. The summed E-state index contributed by atoms with van der Waals surface area (Å²) < 4.78 is 0. The lowest BCUT2D eigenvalue weighted by Crippen LogP contribution is -2.17. The number of aromatic nitrogens is 3. The van der Waals surface area contributed by atoms with E-state index in [9.17, 15) is 4.79 Å². The van der Waals surface area contributed by atoms with E-state index in [1.807, 2.05) is 0 Å². The van der Waals surface area contributed by atoms with Gasteiger partial charge >= 0.3 is 0 Å². The highest BCUT2D eigenvalue weighted by atomic mass is 16.1. The van der Waals surface area contributed by atoms with Gasteiger partial charge in [-0.15, -0.1) is 0 Å². The molecule has 1 aromatic carbocycles. The Morgan fingerprint density at radius 3 is 2.68 bits per heavy atom. The van der Waals surface area contributed by atoms with Gasteiger partial charge in [-0.1, -0.05) is 0 Å². The number of anilines is 2. The quantitative estimate of drug-likeness (QED) is 0.475. The predicted molar refractivity (Wildman–Crippen MR) is 105 cm³/mol. The summed E-state index contributed by atoms with van der Waals surface area (Å²) in [5.41, 5.74) is 9.88. The molecule has 0 atom stereocenters. The van der Waals surface area contributed by atoms with Crippen LogP contribution in [0.1, 0.15) is 38.4 Å². The highest BCUT2D eigenvalue weighted by molar-refractivity contribution is 6.13. The average Bonchev–Trinajstić information content (AvgIpc) is 2.71. The number of nitrogen functional groups attached to an aromatic ring is 1. The van der Waals surface area contributed by atoms with Gasteiger partial charge in [0.2, 0.25) is 0 Å². The normalized spacial score (nSPS) is 10.2. The Morgan fingerprint density at radius 1 is 1.21 bits per heavy atom. The van der Waals surface area contributed by atoms with Crippen LogP contribution in [0.15, 0.2) is 43.0 Å². The first-order valence-corrected chi connectivity index (χ1v) is 8.35. The molecule has 0 bridgehead atoms. The van der Waals surface area contributed by atoms with Crippen LogP contribution in [0.5, 0.6) is 0 Å². The molecule has 8 heteroatoms. The lowest BCUT2D eigenvalue weighted by atomic mass is 10.0. The minimum absolute atomic E-state index is 0.125. The molecular formula is C20H17N7O. The number of nitrogens with zero attached hydrogens (tertiary/aromatic N) is 4. The monoisotopic (exact) mass is 371 g/mol. The zero-order chi connectivity index (χ0) is 20.3. The van der Waals surface area contributed by atoms with Gasteiger partial charge in [0.1, 0.15) is 18.1 Å². The van der Waals surface area contributed by atoms with Crippen molar-refractivity contribution >= 4 is 23.0 Å². The predicted octanol–water partition coefficient (Wildman–Crippen LogP) is 2.61. The molecule has 0 aliphatic heterocycles. The molecule has 4 N–H and O–H groups in total. The van der Waals surface area contributed by atoms with Crippen molar-refractivity contribution in [3.05, 3.63) is 76.6 Å². The number of amides is 1. The number of rotatable bonds is 4. The highest BCUT2D eigenvalue weighted by Gasteiger charge is 2.16. The Kier molecular flexibility index (Phi) is 5.09. The van der Waals surface area contributed by atoms with E-state index in [0.29, 0.717) is 39.3 Å². The van der Waals surface area contributed by atoms with E-state index in [0.717, 1.165) is 0 Å². The molecule has 0 radical (unpaired) electrons. The van der Waals surface area contributed by atoms with Crippen molar-refractivity contribution in [3.63, 3.8) is 0 Å². The zero-order valence-electron chi connectivity index (χ0n) is 15.3. The Hall–Kier alpha value is -4.12. The summed E-state index contributed by atoms with van der Waals surface area (Å²) in [6.45, 7) is 3.52. The van der Waals surface area contributed by atoms with Crippen molar-refractivity contribution < 1.29 is 4.79 Å². The summed E-state index contributed by atoms with van der Waals surface area (Å²) in [6, 6.07) is 8.54. The maximum Gasteiger partial charge on any atom is 0.274 e. The summed E-state index contributed by atoms with van der Waals surface area (Å²) in [5, 5.41) is 20.2. The lowest BCUT2D eigenvalue weighted by Gasteiger charge is -2.12. The van der Waals surface area contributed by atoms with Gasteiger partial charge in [0.15, 0.2) is 0 Å². The van der Waals surface area contributed by atoms with Gasteiger partial charge in [0, 0.05) is 29.3 Å². The minimum atomic E-state index is -0.408. The third kappa shape index (κ3) is 3.54. The Labute approximate surface area is 161 Å². The van der Waals surface area contributed by atoms with Gasteiger partial charge < -0.3 is 11.1 Å². The van der Waals surface area contributed by atoms with Gasteiger partial charge in [-0.25, -0.2) is 15.0 Å². The Bertz CT molecular complexity index is 1120. The number of carbonyl (C=O) groups excluding carboxylic acids is 1. The number of hydrogen-bond donors (Lipinski definition) is 3. The van der Waals surface area contributed by atoms with Crippen LogP contribution in [0.4, 0.5) is 11.4 Å². The molecular weight excluding hydrogens is 354 g/mol. The van der Waals surface area contributed by atoms with E-state index in [-0.39, 0.29) is 11.4 Å². The number of nitrogens with one attached hydrogen (secondary N) is 2. The number of nitriles is 1. The van der Waals surface area contributed by atoms with Crippen LogP contribution >= 0.6 is 0 Å². The van der Waals surface area contributed by atoms with E-state index in [2.05, 4.69) is 26.3 Å². The maximum absolute atomic E-state index is 12.7. The largest absolute Gasteiger partial charge is 0.398 e. The summed E-state index contributed by atoms with van der Waals surface area (Å²) in [7, 11) is 0. The molecule has 0 aliphatic rings. The number of hydrogen-bond acceptors (Lipinski definition) is 7. The third-order valence-corrected chi connectivity index (χ3v) is 4.40. The van der Waals surface area contributed by atoms with Crippen molar-refractivity contribution in [1.82, 2.24) is 15.0 Å². The lowest BCUT2D eigenvalue weighted by molar-refractivity contribution is 0.102. The van der Waals surface area contributed by atoms with Crippen LogP contribution in [0.25, 0.3) is 0 Å². The number of carbonyl (C=O) groups is 1. The van der Waals surface area contributed by atoms with Gasteiger partial charge in [0.05, 0.1) is 17.0 Å². The number of benzene rings is 1. The molecule has 138 valence electrons. The highest BCUT2D eigenvalue weighted by Crippen LogP contribution is 2.22. The fraction of sp³-hybridized carbons (Fsp3) is 0.100. The fourth-order valence-corrected chi connectivity index (χ4v) is 2.66. The van der Waals surface area contributed by atoms with Crippen molar-refractivity contribution in [1.29, 1.82) is 10.7 Å². The molecule has 8 nitrogen and oxygen atoms in total. The molecule has 0 aliphatic carbocycles. The smallest absolute Gasteiger partial charge is 0.274 e. The van der Waals surface area contributed by atoms with Crippen LogP contribution in [0.3, 0.4) is 0 Å². The van der Waals surface area contributed by atoms with Gasteiger partial charge in [-0.3, -0.25) is 10.2 Å². The first kappa shape index (κ1) is 18.7. The molecule has 0 saturated heterocycles. The van der Waals surface area contributed by atoms with Gasteiger partial charge in [-0.2, -0.15) is 5.26 Å². The van der Waals surface area contributed by atoms with Crippen molar-refractivity contribution in [3.8, 4) is 6.07 Å². The minimum Gasteiger partial charge on any atom is -0.398 e. The summed E-state index contributed by atoms with van der Waals surface area (Å²) in [4.78, 5) is 24.7. The molecule has 3 aromatic rings. The first-order chi connectivity index (χ1) is 13.4. The Morgan fingerprint density at radius 2 is 2.00 bits per heavy atom. The van der Waals surface area contributed by atoms with Crippen LogP contribution in [-0.4, -0.2) is 26.6 Å². The van der Waals surface area contributed by atoms with Gasteiger partial charge in [-0.05, 0) is 49.2 Å². The average molecular weight is 371 g/mol. The van der Waals surface area contributed by atoms with E-state index < -0.39 is 5.91 Å². The van der Waals surface area contributed by atoms with Gasteiger partial charge in [0.25, 0.3) is 5.91 Å². The van der Waals surface area contributed by atoms with Crippen LogP contribution in [-0.2, 0) is 0 Å². The molecule has 3 rings (SSSR count). The first-order valence-electron chi connectivity index (χ1n) is 8.35. The second-order valence-corrected chi connectivity index (χ2v) is 6.11. The Balaban J connectivity index is 1.90.